The van der Waals surface area contributed by atoms with E-state index >= 15 is 0 Å². The van der Waals surface area contributed by atoms with E-state index < -0.39 is 0 Å². The lowest BCUT2D eigenvalue weighted by molar-refractivity contribution is -0.136. The number of carbonyl (C=O) groups excluding carboxylic acids is 2. The maximum absolute atomic E-state index is 12.7. The molecule has 1 aromatic carbocycles. The first-order chi connectivity index (χ1) is 12.2. The van der Waals surface area contributed by atoms with Crippen molar-refractivity contribution < 1.29 is 9.59 Å². The molecule has 3 N–H and O–H groups in total. The lowest BCUT2D eigenvalue weighted by Crippen LogP contribution is -2.46. The molecule has 0 aromatic heterocycles. The molecule has 0 saturated carbocycles. The van der Waals surface area contributed by atoms with Crippen LogP contribution in [0.5, 0.6) is 0 Å². The molecule has 1 saturated heterocycles. The molecule has 0 spiro atoms. The van der Waals surface area contributed by atoms with E-state index in [9.17, 15) is 9.59 Å². The fraction of sp³-hybridized carbons (Fsp3) is 0.600. The summed E-state index contributed by atoms with van der Waals surface area (Å²) in [5.74, 6) is 0.584. The Morgan fingerprint density at radius 2 is 2.00 bits per heavy atom. The Balaban J connectivity index is 1.52. The molecule has 5 nitrogen and oxygen atoms in total. The fourth-order valence-corrected chi connectivity index (χ4v) is 4.08. The smallest absolute Gasteiger partial charge is 0.224 e. The van der Waals surface area contributed by atoms with Crippen LogP contribution in [0.3, 0.4) is 0 Å². The first-order valence-corrected chi connectivity index (χ1v) is 9.49. The quantitative estimate of drug-likeness (QED) is 0.851. The normalized spacial score (nSPS) is 23.0. The van der Waals surface area contributed by atoms with Gasteiger partial charge in [-0.1, -0.05) is 24.3 Å². The van der Waals surface area contributed by atoms with Gasteiger partial charge in [0.1, 0.15) is 0 Å². The molecule has 2 aliphatic rings. The number of benzene rings is 1. The first-order valence-electron chi connectivity index (χ1n) is 9.49. The Hall–Kier alpha value is -1.88. The summed E-state index contributed by atoms with van der Waals surface area (Å²) < 4.78 is 0. The number of nitrogens with one attached hydrogen (secondary N) is 1. The zero-order chi connectivity index (χ0) is 17.6. The average Bonchev–Trinajstić information content (AvgIpc) is 2.66. The Morgan fingerprint density at radius 1 is 1.20 bits per heavy atom. The van der Waals surface area contributed by atoms with E-state index in [1.54, 1.807) is 0 Å². The van der Waals surface area contributed by atoms with Gasteiger partial charge in [-0.25, -0.2) is 0 Å². The van der Waals surface area contributed by atoms with E-state index in [-0.39, 0.29) is 17.7 Å². The number of piperidine rings is 1. The van der Waals surface area contributed by atoms with E-state index in [0.29, 0.717) is 32.0 Å². The largest absolute Gasteiger partial charge is 0.355 e. The van der Waals surface area contributed by atoms with Crippen molar-refractivity contribution in [1.29, 1.82) is 0 Å². The zero-order valence-corrected chi connectivity index (χ0v) is 14.9. The minimum absolute atomic E-state index is 0.0366. The first kappa shape index (κ1) is 17.9. The predicted octanol–water partition coefficient (Wildman–Crippen LogP) is 1.50. The summed E-state index contributed by atoms with van der Waals surface area (Å²) in [6, 6.07) is 8.55. The third-order valence-electron chi connectivity index (χ3n) is 5.50. The van der Waals surface area contributed by atoms with Gasteiger partial charge in [0.25, 0.3) is 0 Å². The molecular formula is C20H29N3O2. The van der Waals surface area contributed by atoms with Gasteiger partial charge in [-0.05, 0) is 49.1 Å². The molecule has 3 rings (SSSR count). The summed E-state index contributed by atoms with van der Waals surface area (Å²) in [6.07, 6.45) is 5.51. The maximum Gasteiger partial charge on any atom is 0.224 e. The lowest BCUT2D eigenvalue weighted by Gasteiger charge is -2.33. The van der Waals surface area contributed by atoms with Crippen LogP contribution in [0.1, 0.15) is 36.8 Å². The van der Waals surface area contributed by atoms with Gasteiger partial charge in [0, 0.05) is 32.6 Å². The summed E-state index contributed by atoms with van der Waals surface area (Å²) in [4.78, 5) is 26.8. The van der Waals surface area contributed by atoms with Gasteiger partial charge in [-0.2, -0.15) is 0 Å². The van der Waals surface area contributed by atoms with Crippen LogP contribution in [0.2, 0.25) is 0 Å². The van der Waals surface area contributed by atoms with Gasteiger partial charge in [0.05, 0.1) is 5.92 Å². The highest BCUT2D eigenvalue weighted by Crippen LogP contribution is 2.28. The van der Waals surface area contributed by atoms with Crippen LogP contribution in [0.15, 0.2) is 24.3 Å². The summed E-state index contributed by atoms with van der Waals surface area (Å²) in [5, 5.41) is 2.85. The van der Waals surface area contributed by atoms with Gasteiger partial charge in [-0.15, -0.1) is 0 Å². The highest BCUT2D eigenvalue weighted by molar-refractivity contribution is 5.81. The van der Waals surface area contributed by atoms with Gasteiger partial charge < -0.3 is 16.0 Å². The zero-order valence-electron chi connectivity index (χ0n) is 14.9. The topological polar surface area (TPSA) is 75.4 Å². The number of fused-ring (bicyclic) bond motifs is 1. The van der Waals surface area contributed by atoms with Crippen LogP contribution in [0, 0.1) is 11.8 Å². The number of carbonyl (C=O) groups is 2. The molecule has 1 aromatic rings. The van der Waals surface area contributed by atoms with E-state index in [4.69, 9.17) is 5.73 Å². The molecule has 5 heteroatoms. The highest BCUT2D eigenvalue weighted by Gasteiger charge is 2.30. The number of likely N-dealkylation sites (tertiary alicyclic amines) is 1. The number of rotatable bonds is 5. The van der Waals surface area contributed by atoms with E-state index in [2.05, 4.69) is 29.6 Å². The van der Waals surface area contributed by atoms with Crippen LogP contribution in [0.4, 0.5) is 0 Å². The minimum atomic E-state index is -0.0867. The van der Waals surface area contributed by atoms with Crippen LogP contribution >= 0.6 is 0 Å². The molecule has 0 radical (unpaired) electrons. The molecule has 0 bridgehead atoms. The molecule has 1 aliphatic carbocycles. The SMILES string of the molecule is NCCNC(=O)C1CCCN(C(=O)CC2CCc3ccccc3C2)C1. The summed E-state index contributed by atoms with van der Waals surface area (Å²) in [7, 11) is 0. The van der Waals surface area contributed by atoms with E-state index in [0.717, 1.165) is 38.6 Å². The van der Waals surface area contributed by atoms with Gasteiger partial charge in [0.2, 0.25) is 11.8 Å². The van der Waals surface area contributed by atoms with Gasteiger partial charge >= 0.3 is 0 Å². The monoisotopic (exact) mass is 343 g/mol. The van der Waals surface area contributed by atoms with E-state index in [1.165, 1.54) is 11.1 Å². The summed E-state index contributed by atoms with van der Waals surface area (Å²) in [5.41, 5.74) is 8.26. The minimum Gasteiger partial charge on any atom is -0.355 e. The molecule has 1 aliphatic heterocycles. The second kappa shape index (κ2) is 8.48. The second-order valence-corrected chi connectivity index (χ2v) is 7.34. The Morgan fingerprint density at radius 3 is 2.80 bits per heavy atom. The highest BCUT2D eigenvalue weighted by atomic mass is 16.2. The predicted molar refractivity (Wildman–Crippen MR) is 97.9 cm³/mol. The molecule has 2 unspecified atom stereocenters. The molecular weight excluding hydrogens is 314 g/mol. The molecule has 25 heavy (non-hydrogen) atoms. The van der Waals surface area contributed by atoms with Gasteiger partial charge in [0.15, 0.2) is 0 Å². The van der Waals surface area contributed by atoms with Crippen molar-refractivity contribution in [2.45, 2.75) is 38.5 Å². The molecule has 1 fully saturated rings. The number of aryl methyl sites for hydroxylation is 1. The van der Waals surface area contributed by atoms with Crippen LogP contribution in [0.25, 0.3) is 0 Å². The van der Waals surface area contributed by atoms with Crippen molar-refractivity contribution in [1.82, 2.24) is 10.2 Å². The average molecular weight is 343 g/mol. The van der Waals surface area contributed by atoms with Crippen LogP contribution < -0.4 is 11.1 Å². The maximum atomic E-state index is 12.7. The van der Waals surface area contributed by atoms with Crippen molar-refractivity contribution in [3.63, 3.8) is 0 Å². The van der Waals surface area contributed by atoms with Crippen molar-refractivity contribution in [3.8, 4) is 0 Å². The third-order valence-corrected chi connectivity index (χ3v) is 5.50. The number of amides is 2. The summed E-state index contributed by atoms with van der Waals surface area (Å²) >= 11 is 0. The Labute approximate surface area is 150 Å². The fourth-order valence-electron chi connectivity index (χ4n) is 4.08. The van der Waals surface area contributed by atoms with Crippen molar-refractivity contribution >= 4 is 11.8 Å². The van der Waals surface area contributed by atoms with Crippen molar-refractivity contribution in [2.75, 3.05) is 26.2 Å². The molecule has 2 atom stereocenters. The summed E-state index contributed by atoms with van der Waals surface area (Å²) in [6.45, 7) is 2.29. The number of hydrogen-bond donors (Lipinski definition) is 2. The van der Waals surface area contributed by atoms with Crippen LogP contribution in [-0.4, -0.2) is 42.9 Å². The van der Waals surface area contributed by atoms with Crippen molar-refractivity contribution in [3.05, 3.63) is 35.4 Å². The Bertz CT molecular complexity index is 617. The standard InChI is InChI=1S/C20H29N3O2/c21-9-10-22-20(25)18-6-3-11-23(14-18)19(24)13-15-7-8-16-4-1-2-5-17(16)12-15/h1-2,4-5,15,18H,3,6-14,21H2,(H,22,25). The number of hydrogen-bond acceptors (Lipinski definition) is 3. The third kappa shape index (κ3) is 4.60. The van der Waals surface area contributed by atoms with Crippen molar-refractivity contribution in [2.24, 2.45) is 17.6 Å². The van der Waals surface area contributed by atoms with E-state index in [1.807, 2.05) is 4.90 Å². The molecule has 2 amide bonds. The lowest BCUT2D eigenvalue weighted by atomic mass is 9.82. The molecule has 1 heterocycles. The second-order valence-electron chi connectivity index (χ2n) is 7.34. The Kier molecular flexibility index (Phi) is 6.08. The van der Waals surface area contributed by atoms with Crippen LogP contribution in [-0.2, 0) is 22.4 Å². The van der Waals surface area contributed by atoms with Gasteiger partial charge in [-0.3, -0.25) is 9.59 Å². The number of nitrogens with two attached hydrogens (primary N) is 1. The number of nitrogens with zero attached hydrogens (tertiary/aromatic N) is 1. The molecule has 136 valence electrons.